The molecule has 0 radical (unpaired) electrons. The van der Waals surface area contributed by atoms with E-state index in [1.54, 1.807) is 11.8 Å². The number of nitrogens with two attached hydrogens (primary N) is 1. The van der Waals surface area contributed by atoms with Crippen LogP contribution in [0, 0.1) is 0 Å². The monoisotopic (exact) mass is 215 g/mol. The molecule has 1 rings (SSSR count). The minimum Gasteiger partial charge on any atom is -0.338 e. The summed E-state index contributed by atoms with van der Waals surface area (Å²) in [6.45, 7) is 2.85. The molecule has 0 bridgehead atoms. The fourth-order valence-electron chi connectivity index (χ4n) is 1.02. The lowest BCUT2D eigenvalue weighted by Gasteiger charge is -1.94. The van der Waals surface area contributed by atoms with Crippen molar-refractivity contribution >= 4 is 11.8 Å². The maximum Gasteiger partial charge on any atom is 0.236 e. The Kier molecular flexibility index (Phi) is 5.63. The number of aryl methyl sites for hydroxylation is 1. The SMILES string of the molecule is CCCc1noc(CSCCCN)n1. The van der Waals surface area contributed by atoms with Crippen molar-refractivity contribution in [3.63, 3.8) is 0 Å². The molecule has 0 aliphatic heterocycles. The summed E-state index contributed by atoms with van der Waals surface area (Å²) in [6.07, 6.45) is 3.00. The highest BCUT2D eigenvalue weighted by Crippen LogP contribution is 2.11. The summed E-state index contributed by atoms with van der Waals surface area (Å²) in [5.74, 6) is 3.41. The quantitative estimate of drug-likeness (QED) is 0.700. The molecule has 0 amide bonds. The fourth-order valence-corrected chi connectivity index (χ4v) is 1.83. The Morgan fingerprint density at radius 1 is 1.50 bits per heavy atom. The molecule has 4 nitrogen and oxygen atoms in total. The summed E-state index contributed by atoms with van der Waals surface area (Å²) in [5, 5.41) is 3.88. The number of rotatable bonds is 7. The van der Waals surface area contributed by atoms with E-state index in [-0.39, 0.29) is 0 Å². The molecule has 1 aromatic rings. The predicted octanol–water partition coefficient (Wildman–Crippen LogP) is 1.60. The number of hydrogen-bond donors (Lipinski definition) is 1. The molecule has 0 atom stereocenters. The Morgan fingerprint density at radius 2 is 2.36 bits per heavy atom. The molecule has 5 heteroatoms. The highest BCUT2D eigenvalue weighted by Gasteiger charge is 2.04. The Hall–Kier alpha value is -0.550. The van der Waals surface area contributed by atoms with E-state index < -0.39 is 0 Å². The molecule has 0 saturated heterocycles. The van der Waals surface area contributed by atoms with Crippen molar-refractivity contribution in [3.05, 3.63) is 11.7 Å². The third-order valence-corrected chi connectivity index (χ3v) is 2.73. The molecule has 1 aromatic heterocycles. The first kappa shape index (κ1) is 11.5. The third kappa shape index (κ3) is 4.11. The van der Waals surface area contributed by atoms with E-state index >= 15 is 0 Å². The second kappa shape index (κ2) is 6.84. The first-order chi connectivity index (χ1) is 6.86. The second-order valence-electron chi connectivity index (χ2n) is 3.05. The molecule has 0 unspecified atom stereocenters. The van der Waals surface area contributed by atoms with Gasteiger partial charge in [0.15, 0.2) is 5.82 Å². The lowest BCUT2D eigenvalue weighted by atomic mass is 10.3. The Labute approximate surface area is 88.6 Å². The first-order valence-corrected chi connectivity index (χ1v) is 6.11. The van der Waals surface area contributed by atoms with Crippen molar-refractivity contribution in [2.45, 2.75) is 31.9 Å². The van der Waals surface area contributed by atoms with Crippen molar-refractivity contribution in [2.75, 3.05) is 12.3 Å². The molecule has 0 aromatic carbocycles. The number of aromatic nitrogens is 2. The highest BCUT2D eigenvalue weighted by atomic mass is 32.2. The van der Waals surface area contributed by atoms with E-state index in [1.165, 1.54) is 0 Å². The molecule has 0 aliphatic rings. The summed E-state index contributed by atoms with van der Waals surface area (Å²) in [4.78, 5) is 4.27. The topological polar surface area (TPSA) is 64.9 Å². The molecule has 1 heterocycles. The maximum absolute atomic E-state index is 5.39. The standard InChI is InChI=1S/C9H17N3OS/c1-2-4-8-11-9(13-12-8)7-14-6-3-5-10/h2-7,10H2,1H3. The van der Waals surface area contributed by atoms with Gasteiger partial charge in [-0.25, -0.2) is 0 Å². The Balaban J connectivity index is 2.22. The van der Waals surface area contributed by atoms with Gasteiger partial charge in [0.1, 0.15) is 0 Å². The van der Waals surface area contributed by atoms with Crippen LogP contribution in [0.3, 0.4) is 0 Å². The van der Waals surface area contributed by atoms with E-state index in [0.29, 0.717) is 0 Å². The zero-order valence-corrected chi connectivity index (χ0v) is 9.35. The van der Waals surface area contributed by atoms with Gasteiger partial charge in [-0.2, -0.15) is 16.7 Å². The third-order valence-electron chi connectivity index (χ3n) is 1.70. The van der Waals surface area contributed by atoms with Gasteiger partial charge < -0.3 is 10.3 Å². The van der Waals surface area contributed by atoms with Gasteiger partial charge in [0.25, 0.3) is 0 Å². The smallest absolute Gasteiger partial charge is 0.236 e. The minimum absolute atomic E-state index is 0.732. The summed E-state index contributed by atoms with van der Waals surface area (Å²) >= 11 is 1.79. The van der Waals surface area contributed by atoms with Crippen molar-refractivity contribution in [3.8, 4) is 0 Å². The van der Waals surface area contributed by atoms with Gasteiger partial charge in [0.05, 0.1) is 5.75 Å². The van der Waals surface area contributed by atoms with Crippen LogP contribution in [0.15, 0.2) is 4.52 Å². The Morgan fingerprint density at radius 3 is 3.07 bits per heavy atom. The van der Waals surface area contributed by atoms with Crippen LogP contribution < -0.4 is 5.73 Å². The zero-order chi connectivity index (χ0) is 10.2. The fraction of sp³-hybridized carbons (Fsp3) is 0.778. The van der Waals surface area contributed by atoms with E-state index in [0.717, 1.165) is 49.0 Å². The van der Waals surface area contributed by atoms with Gasteiger partial charge in [-0.15, -0.1) is 0 Å². The van der Waals surface area contributed by atoms with E-state index in [1.807, 2.05) is 0 Å². The van der Waals surface area contributed by atoms with Crippen LogP contribution in [0.5, 0.6) is 0 Å². The largest absolute Gasteiger partial charge is 0.338 e. The molecule has 0 spiro atoms. The van der Waals surface area contributed by atoms with Gasteiger partial charge in [0, 0.05) is 6.42 Å². The van der Waals surface area contributed by atoms with Crippen LogP contribution in [0.4, 0.5) is 0 Å². The number of nitrogens with zero attached hydrogens (tertiary/aromatic N) is 2. The second-order valence-corrected chi connectivity index (χ2v) is 4.15. The Bertz CT molecular complexity index is 252. The van der Waals surface area contributed by atoms with Gasteiger partial charge in [-0.05, 0) is 25.1 Å². The van der Waals surface area contributed by atoms with Crippen LogP contribution in [0.2, 0.25) is 0 Å². The lowest BCUT2D eigenvalue weighted by molar-refractivity contribution is 0.384. The van der Waals surface area contributed by atoms with Gasteiger partial charge in [-0.3, -0.25) is 0 Å². The summed E-state index contributed by atoms with van der Waals surface area (Å²) in [5.41, 5.74) is 5.39. The predicted molar refractivity (Wildman–Crippen MR) is 58.1 cm³/mol. The average molecular weight is 215 g/mol. The summed E-state index contributed by atoms with van der Waals surface area (Å²) in [7, 11) is 0. The molecule has 0 fully saturated rings. The maximum atomic E-state index is 5.39. The van der Waals surface area contributed by atoms with Crippen LogP contribution in [-0.4, -0.2) is 22.4 Å². The van der Waals surface area contributed by atoms with Crippen molar-refractivity contribution in [1.82, 2.24) is 10.1 Å². The molecular weight excluding hydrogens is 198 g/mol. The van der Waals surface area contributed by atoms with Gasteiger partial charge in [0.2, 0.25) is 5.89 Å². The normalized spacial score (nSPS) is 10.7. The molecule has 0 saturated carbocycles. The lowest BCUT2D eigenvalue weighted by Crippen LogP contribution is -1.99. The van der Waals surface area contributed by atoms with Gasteiger partial charge >= 0.3 is 0 Å². The molecule has 14 heavy (non-hydrogen) atoms. The zero-order valence-electron chi connectivity index (χ0n) is 8.53. The van der Waals surface area contributed by atoms with Crippen LogP contribution in [0.25, 0.3) is 0 Å². The highest BCUT2D eigenvalue weighted by molar-refractivity contribution is 7.98. The van der Waals surface area contributed by atoms with Gasteiger partial charge in [-0.1, -0.05) is 12.1 Å². The van der Waals surface area contributed by atoms with Crippen LogP contribution in [0.1, 0.15) is 31.5 Å². The molecular formula is C9H17N3OS. The molecule has 2 N–H and O–H groups in total. The minimum atomic E-state index is 0.732. The number of hydrogen-bond acceptors (Lipinski definition) is 5. The number of thioether (sulfide) groups is 1. The van der Waals surface area contributed by atoms with E-state index in [4.69, 9.17) is 10.3 Å². The first-order valence-electron chi connectivity index (χ1n) is 4.96. The van der Waals surface area contributed by atoms with E-state index in [9.17, 15) is 0 Å². The van der Waals surface area contributed by atoms with Crippen molar-refractivity contribution in [2.24, 2.45) is 5.73 Å². The van der Waals surface area contributed by atoms with Crippen molar-refractivity contribution < 1.29 is 4.52 Å². The van der Waals surface area contributed by atoms with E-state index in [2.05, 4.69) is 17.1 Å². The molecule has 0 aliphatic carbocycles. The summed E-state index contributed by atoms with van der Waals surface area (Å²) in [6, 6.07) is 0. The van der Waals surface area contributed by atoms with Crippen LogP contribution >= 0.6 is 11.8 Å². The molecule has 80 valence electrons. The average Bonchev–Trinajstić information content (AvgIpc) is 2.61. The van der Waals surface area contributed by atoms with Crippen LogP contribution in [-0.2, 0) is 12.2 Å². The van der Waals surface area contributed by atoms with Crippen molar-refractivity contribution in [1.29, 1.82) is 0 Å². The summed E-state index contributed by atoms with van der Waals surface area (Å²) < 4.78 is 5.08.